The number of benzene rings is 1. The van der Waals surface area contributed by atoms with Gasteiger partial charge in [0, 0.05) is 28.3 Å². The van der Waals surface area contributed by atoms with Gasteiger partial charge in [0.1, 0.15) is 0 Å². The summed E-state index contributed by atoms with van der Waals surface area (Å²) in [5.74, 6) is 1.11. The van der Waals surface area contributed by atoms with Gasteiger partial charge in [-0.1, -0.05) is 38.4 Å². The van der Waals surface area contributed by atoms with E-state index in [0.29, 0.717) is 6.04 Å². The first-order valence-corrected chi connectivity index (χ1v) is 8.86. The van der Waals surface area contributed by atoms with Gasteiger partial charge in [-0.15, -0.1) is 11.8 Å². The van der Waals surface area contributed by atoms with Gasteiger partial charge in [-0.25, -0.2) is 0 Å². The van der Waals surface area contributed by atoms with Crippen LogP contribution in [0.2, 0.25) is 5.02 Å². The van der Waals surface area contributed by atoms with Crippen LogP contribution in [0.5, 0.6) is 0 Å². The first-order chi connectivity index (χ1) is 9.62. The molecule has 0 aliphatic carbocycles. The fourth-order valence-corrected chi connectivity index (χ4v) is 3.56. The molecule has 114 valence electrons. The number of nitrogens with zero attached hydrogens (tertiary/aromatic N) is 1. The van der Waals surface area contributed by atoms with Crippen molar-refractivity contribution in [1.29, 1.82) is 0 Å². The number of hydrogen-bond donors (Lipinski definition) is 1. The standard InChI is InChI=1S/C16H27ClN2S/c1-5-18-13(4)15-9-8-14(12-16(15)17)20-11-10-19(6-2)7-3/h8-9,12-13,18H,5-7,10-11H2,1-4H3. The molecule has 20 heavy (non-hydrogen) atoms. The zero-order valence-corrected chi connectivity index (χ0v) is 14.7. The van der Waals surface area contributed by atoms with Crippen LogP contribution in [-0.4, -0.2) is 36.8 Å². The number of thioether (sulfide) groups is 1. The lowest BCUT2D eigenvalue weighted by molar-refractivity contribution is 0.324. The Morgan fingerprint density at radius 2 is 1.95 bits per heavy atom. The molecule has 0 heterocycles. The Labute approximate surface area is 133 Å². The van der Waals surface area contributed by atoms with E-state index in [1.807, 2.05) is 11.8 Å². The number of rotatable bonds is 9. The minimum Gasteiger partial charge on any atom is -0.310 e. The van der Waals surface area contributed by atoms with E-state index < -0.39 is 0 Å². The van der Waals surface area contributed by atoms with Crippen molar-refractivity contribution < 1.29 is 0 Å². The van der Waals surface area contributed by atoms with Crippen LogP contribution in [0.3, 0.4) is 0 Å². The molecule has 0 spiro atoms. The Hall–Kier alpha value is -0.220. The summed E-state index contributed by atoms with van der Waals surface area (Å²) >= 11 is 8.27. The third-order valence-electron chi connectivity index (χ3n) is 3.52. The van der Waals surface area contributed by atoms with Crippen molar-refractivity contribution in [2.24, 2.45) is 0 Å². The Kier molecular flexibility index (Phi) is 8.62. The Bertz CT molecular complexity index is 394. The summed E-state index contributed by atoms with van der Waals surface area (Å²) in [5, 5.41) is 4.26. The predicted octanol–water partition coefficient (Wildman–Crippen LogP) is 4.44. The molecule has 1 unspecified atom stereocenters. The lowest BCUT2D eigenvalue weighted by atomic mass is 10.1. The van der Waals surface area contributed by atoms with E-state index in [-0.39, 0.29) is 0 Å². The largest absolute Gasteiger partial charge is 0.310 e. The van der Waals surface area contributed by atoms with Gasteiger partial charge in [-0.3, -0.25) is 0 Å². The fourth-order valence-electron chi connectivity index (χ4n) is 2.20. The second-order valence-electron chi connectivity index (χ2n) is 4.84. The van der Waals surface area contributed by atoms with E-state index in [1.54, 1.807) is 0 Å². The van der Waals surface area contributed by atoms with E-state index >= 15 is 0 Å². The summed E-state index contributed by atoms with van der Waals surface area (Å²) < 4.78 is 0. The maximum absolute atomic E-state index is 6.39. The first kappa shape index (κ1) is 17.8. The van der Waals surface area contributed by atoms with E-state index in [4.69, 9.17) is 11.6 Å². The Balaban J connectivity index is 2.55. The van der Waals surface area contributed by atoms with Crippen molar-refractivity contribution in [2.45, 2.75) is 38.6 Å². The van der Waals surface area contributed by atoms with Crippen molar-refractivity contribution in [3.05, 3.63) is 28.8 Å². The maximum Gasteiger partial charge on any atom is 0.0464 e. The molecule has 1 aromatic carbocycles. The van der Waals surface area contributed by atoms with Crippen molar-refractivity contribution in [3.63, 3.8) is 0 Å². The van der Waals surface area contributed by atoms with Gasteiger partial charge in [0.05, 0.1) is 0 Å². The molecule has 4 heteroatoms. The van der Waals surface area contributed by atoms with Gasteiger partial charge >= 0.3 is 0 Å². The molecule has 1 aromatic rings. The van der Waals surface area contributed by atoms with Crippen LogP contribution in [-0.2, 0) is 0 Å². The smallest absolute Gasteiger partial charge is 0.0464 e. The molecule has 0 radical (unpaired) electrons. The number of halogens is 1. The SMILES string of the molecule is CCNC(C)c1ccc(SCCN(CC)CC)cc1Cl. The van der Waals surface area contributed by atoms with Gasteiger partial charge < -0.3 is 10.2 Å². The number of nitrogens with one attached hydrogen (secondary N) is 1. The van der Waals surface area contributed by atoms with E-state index in [2.05, 4.69) is 56.1 Å². The molecular weight excluding hydrogens is 288 g/mol. The summed E-state index contributed by atoms with van der Waals surface area (Å²) in [5.41, 5.74) is 1.18. The minimum atomic E-state index is 0.308. The van der Waals surface area contributed by atoms with Gasteiger partial charge in [-0.2, -0.15) is 0 Å². The van der Waals surface area contributed by atoms with Crippen LogP contribution in [0.15, 0.2) is 23.1 Å². The third kappa shape index (κ3) is 5.65. The third-order valence-corrected chi connectivity index (χ3v) is 4.82. The second kappa shape index (κ2) is 9.67. The van der Waals surface area contributed by atoms with Gasteiger partial charge in [0.25, 0.3) is 0 Å². The molecule has 0 saturated carbocycles. The normalized spacial score (nSPS) is 12.9. The quantitative estimate of drug-likeness (QED) is 0.678. The average molecular weight is 315 g/mol. The second-order valence-corrected chi connectivity index (χ2v) is 6.41. The molecule has 0 aromatic heterocycles. The molecule has 2 nitrogen and oxygen atoms in total. The van der Waals surface area contributed by atoms with Crippen LogP contribution in [0.25, 0.3) is 0 Å². The van der Waals surface area contributed by atoms with Crippen LogP contribution < -0.4 is 5.32 Å². The lowest BCUT2D eigenvalue weighted by Gasteiger charge is -2.18. The zero-order chi connectivity index (χ0) is 15.0. The Morgan fingerprint density at radius 3 is 2.50 bits per heavy atom. The molecule has 0 amide bonds. The Morgan fingerprint density at radius 1 is 1.25 bits per heavy atom. The van der Waals surface area contributed by atoms with E-state index in [1.165, 1.54) is 10.5 Å². The van der Waals surface area contributed by atoms with Crippen molar-refractivity contribution in [1.82, 2.24) is 10.2 Å². The van der Waals surface area contributed by atoms with Crippen molar-refractivity contribution >= 4 is 23.4 Å². The molecule has 1 atom stereocenters. The average Bonchev–Trinajstić information content (AvgIpc) is 2.44. The molecule has 1 N–H and O–H groups in total. The maximum atomic E-state index is 6.39. The highest BCUT2D eigenvalue weighted by Crippen LogP contribution is 2.28. The molecule has 0 saturated heterocycles. The molecular formula is C16H27ClN2S. The summed E-state index contributed by atoms with van der Waals surface area (Å²) in [7, 11) is 0. The first-order valence-electron chi connectivity index (χ1n) is 7.50. The summed E-state index contributed by atoms with van der Waals surface area (Å²) in [6, 6.07) is 6.73. The van der Waals surface area contributed by atoms with E-state index in [0.717, 1.165) is 37.0 Å². The lowest BCUT2D eigenvalue weighted by Crippen LogP contribution is -2.25. The highest BCUT2D eigenvalue weighted by molar-refractivity contribution is 7.99. The summed E-state index contributed by atoms with van der Waals surface area (Å²) in [6.07, 6.45) is 0. The molecule has 0 fully saturated rings. The molecule has 0 aliphatic heterocycles. The van der Waals surface area contributed by atoms with Gasteiger partial charge in [0.2, 0.25) is 0 Å². The van der Waals surface area contributed by atoms with Gasteiger partial charge in [0.15, 0.2) is 0 Å². The zero-order valence-electron chi connectivity index (χ0n) is 13.1. The minimum absolute atomic E-state index is 0.308. The van der Waals surface area contributed by atoms with Crippen molar-refractivity contribution in [3.8, 4) is 0 Å². The van der Waals surface area contributed by atoms with E-state index in [9.17, 15) is 0 Å². The van der Waals surface area contributed by atoms with Crippen LogP contribution in [0, 0.1) is 0 Å². The highest BCUT2D eigenvalue weighted by Gasteiger charge is 2.09. The van der Waals surface area contributed by atoms with Gasteiger partial charge in [-0.05, 0) is 44.3 Å². The van der Waals surface area contributed by atoms with Crippen LogP contribution in [0.1, 0.15) is 39.3 Å². The molecule has 1 rings (SSSR count). The molecule has 0 aliphatic rings. The molecule has 0 bridgehead atoms. The highest BCUT2D eigenvalue weighted by atomic mass is 35.5. The fraction of sp³-hybridized carbons (Fsp3) is 0.625. The monoisotopic (exact) mass is 314 g/mol. The summed E-state index contributed by atoms with van der Waals surface area (Å²) in [4.78, 5) is 3.70. The number of hydrogen-bond acceptors (Lipinski definition) is 3. The van der Waals surface area contributed by atoms with Crippen LogP contribution >= 0.6 is 23.4 Å². The summed E-state index contributed by atoms with van der Waals surface area (Å²) in [6.45, 7) is 13.0. The van der Waals surface area contributed by atoms with Crippen LogP contribution in [0.4, 0.5) is 0 Å². The predicted molar refractivity (Wildman–Crippen MR) is 92.1 cm³/mol. The topological polar surface area (TPSA) is 15.3 Å². The van der Waals surface area contributed by atoms with Crippen molar-refractivity contribution in [2.75, 3.05) is 31.9 Å².